The quantitative estimate of drug-likeness (QED) is 0.582. The summed E-state index contributed by atoms with van der Waals surface area (Å²) >= 11 is 0. The Hall–Kier alpha value is -0.160. The molecule has 0 spiro atoms. The number of likely N-dealkylation sites (N-methyl/N-ethyl adjacent to an activating group) is 1. The average molecular weight is 172 g/mol. The van der Waals surface area contributed by atoms with Gasteiger partial charge < -0.3 is 5.73 Å². The molecule has 1 rings (SSSR count). The maximum absolute atomic E-state index is 5.52. The highest BCUT2D eigenvalue weighted by Crippen LogP contribution is 1.99. The first kappa shape index (κ1) is 9.92. The molecule has 0 aromatic heterocycles. The monoisotopic (exact) mass is 172 g/mol. The van der Waals surface area contributed by atoms with Gasteiger partial charge in [-0.1, -0.05) is 0 Å². The molecule has 0 bridgehead atoms. The van der Waals surface area contributed by atoms with Crippen molar-refractivity contribution in [3.05, 3.63) is 0 Å². The summed E-state index contributed by atoms with van der Waals surface area (Å²) in [6.07, 6.45) is 0. The molecule has 0 amide bonds. The minimum atomic E-state index is 0.761. The minimum Gasteiger partial charge on any atom is -0.329 e. The average Bonchev–Trinajstić information content (AvgIpc) is 2.13. The Kier molecular flexibility index (Phi) is 3.94. The lowest BCUT2D eigenvalue weighted by molar-refractivity contribution is 0.164. The molecule has 1 saturated heterocycles. The lowest BCUT2D eigenvalue weighted by Gasteiger charge is -2.23. The van der Waals surface area contributed by atoms with Crippen LogP contribution in [0.4, 0.5) is 0 Å². The zero-order valence-corrected chi connectivity index (χ0v) is 8.16. The summed E-state index contributed by atoms with van der Waals surface area (Å²) in [7, 11) is 4.30. The van der Waals surface area contributed by atoms with Crippen molar-refractivity contribution in [1.82, 2.24) is 14.7 Å². The third-order valence-electron chi connectivity index (χ3n) is 2.17. The van der Waals surface area contributed by atoms with Gasteiger partial charge in [0.1, 0.15) is 0 Å². The Morgan fingerprint density at radius 2 is 1.83 bits per heavy atom. The van der Waals surface area contributed by atoms with Crippen molar-refractivity contribution < 1.29 is 0 Å². The lowest BCUT2D eigenvalue weighted by Crippen LogP contribution is -2.37. The SMILES string of the molecule is CN1CCN(CCN)CN(C)C1. The molecule has 0 aliphatic carbocycles. The Morgan fingerprint density at radius 1 is 1.08 bits per heavy atom. The van der Waals surface area contributed by atoms with Gasteiger partial charge in [-0.2, -0.15) is 0 Å². The minimum absolute atomic E-state index is 0.761. The third-order valence-corrected chi connectivity index (χ3v) is 2.17. The van der Waals surface area contributed by atoms with Crippen LogP contribution in [0, 0.1) is 0 Å². The first-order chi connectivity index (χ1) is 5.72. The van der Waals surface area contributed by atoms with E-state index in [2.05, 4.69) is 28.8 Å². The summed E-state index contributed by atoms with van der Waals surface area (Å²) in [6, 6.07) is 0. The molecule has 72 valence electrons. The van der Waals surface area contributed by atoms with Gasteiger partial charge in [-0.3, -0.25) is 14.7 Å². The van der Waals surface area contributed by atoms with Crippen LogP contribution in [0.3, 0.4) is 0 Å². The molecule has 12 heavy (non-hydrogen) atoms. The molecule has 1 heterocycles. The number of nitrogens with zero attached hydrogens (tertiary/aromatic N) is 3. The van der Waals surface area contributed by atoms with Crippen molar-refractivity contribution >= 4 is 0 Å². The lowest BCUT2D eigenvalue weighted by atomic mass is 10.5. The van der Waals surface area contributed by atoms with Gasteiger partial charge >= 0.3 is 0 Å². The van der Waals surface area contributed by atoms with Crippen molar-refractivity contribution in [3.8, 4) is 0 Å². The molecule has 0 saturated carbocycles. The predicted octanol–water partition coefficient (Wildman–Crippen LogP) is -0.961. The van der Waals surface area contributed by atoms with Crippen LogP contribution in [0.5, 0.6) is 0 Å². The topological polar surface area (TPSA) is 35.7 Å². The van der Waals surface area contributed by atoms with Crippen molar-refractivity contribution in [2.45, 2.75) is 0 Å². The van der Waals surface area contributed by atoms with E-state index in [0.29, 0.717) is 0 Å². The molecule has 0 aromatic carbocycles. The second-order valence-electron chi connectivity index (χ2n) is 3.63. The molecular formula is C8H20N4. The van der Waals surface area contributed by atoms with E-state index >= 15 is 0 Å². The molecule has 1 aliphatic heterocycles. The van der Waals surface area contributed by atoms with E-state index in [4.69, 9.17) is 5.73 Å². The van der Waals surface area contributed by atoms with Crippen LogP contribution in [0.1, 0.15) is 0 Å². The molecule has 0 radical (unpaired) electrons. The van der Waals surface area contributed by atoms with Crippen molar-refractivity contribution in [2.24, 2.45) is 5.73 Å². The van der Waals surface area contributed by atoms with Crippen LogP contribution in [-0.4, -0.2) is 68.3 Å². The second kappa shape index (κ2) is 4.77. The number of hydrogen-bond donors (Lipinski definition) is 1. The fraction of sp³-hybridized carbons (Fsp3) is 1.00. The molecule has 0 aromatic rings. The van der Waals surface area contributed by atoms with Crippen LogP contribution < -0.4 is 5.73 Å². The molecule has 1 fully saturated rings. The largest absolute Gasteiger partial charge is 0.329 e. The molecular weight excluding hydrogens is 152 g/mol. The number of hydrogen-bond acceptors (Lipinski definition) is 4. The normalized spacial score (nSPS) is 24.2. The second-order valence-corrected chi connectivity index (χ2v) is 3.63. The van der Waals surface area contributed by atoms with Gasteiger partial charge in [-0.15, -0.1) is 0 Å². The van der Waals surface area contributed by atoms with Crippen LogP contribution in [0.25, 0.3) is 0 Å². The van der Waals surface area contributed by atoms with Gasteiger partial charge in [0.15, 0.2) is 0 Å². The first-order valence-corrected chi connectivity index (χ1v) is 4.52. The maximum Gasteiger partial charge on any atom is 0.0516 e. The summed E-state index contributed by atoms with van der Waals surface area (Å²) < 4.78 is 0. The molecule has 0 unspecified atom stereocenters. The van der Waals surface area contributed by atoms with E-state index in [9.17, 15) is 0 Å². The first-order valence-electron chi connectivity index (χ1n) is 4.52. The van der Waals surface area contributed by atoms with E-state index in [1.807, 2.05) is 0 Å². The van der Waals surface area contributed by atoms with Gasteiger partial charge in [0.05, 0.1) is 13.3 Å². The summed E-state index contributed by atoms with van der Waals surface area (Å²) in [5.74, 6) is 0. The Morgan fingerprint density at radius 3 is 2.50 bits per heavy atom. The van der Waals surface area contributed by atoms with Crippen molar-refractivity contribution in [3.63, 3.8) is 0 Å². The summed E-state index contributed by atoms with van der Waals surface area (Å²) in [6.45, 7) is 6.15. The van der Waals surface area contributed by atoms with Crippen LogP contribution in [0.2, 0.25) is 0 Å². The zero-order chi connectivity index (χ0) is 8.97. The van der Waals surface area contributed by atoms with Crippen LogP contribution in [0.15, 0.2) is 0 Å². The fourth-order valence-corrected chi connectivity index (χ4v) is 1.62. The van der Waals surface area contributed by atoms with Gasteiger partial charge in [0.2, 0.25) is 0 Å². The van der Waals surface area contributed by atoms with E-state index in [1.165, 1.54) is 0 Å². The Balaban J connectivity index is 2.35. The van der Waals surface area contributed by atoms with Crippen LogP contribution >= 0.6 is 0 Å². The van der Waals surface area contributed by atoms with Gasteiger partial charge in [0, 0.05) is 26.2 Å². The molecule has 4 nitrogen and oxygen atoms in total. The predicted molar refractivity (Wildman–Crippen MR) is 50.8 cm³/mol. The summed E-state index contributed by atoms with van der Waals surface area (Å²) in [4.78, 5) is 7.03. The van der Waals surface area contributed by atoms with Gasteiger partial charge in [0.25, 0.3) is 0 Å². The maximum atomic E-state index is 5.52. The van der Waals surface area contributed by atoms with E-state index < -0.39 is 0 Å². The highest BCUT2D eigenvalue weighted by Gasteiger charge is 2.14. The Bertz CT molecular complexity index is 128. The molecule has 0 atom stereocenters. The van der Waals surface area contributed by atoms with Crippen LogP contribution in [-0.2, 0) is 0 Å². The van der Waals surface area contributed by atoms with E-state index in [-0.39, 0.29) is 0 Å². The van der Waals surface area contributed by atoms with E-state index in [0.717, 1.165) is 39.5 Å². The molecule has 2 N–H and O–H groups in total. The fourth-order valence-electron chi connectivity index (χ4n) is 1.62. The highest BCUT2D eigenvalue weighted by molar-refractivity contribution is 4.65. The Labute approximate surface area is 74.9 Å². The molecule has 1 aliphatic rings. The van der Waals surface area contributed by atoms with Gasteiger partial charge in [-0.25, -0.2) is 0 Å². The number of nitrogens with two attached hydrogens (primary N) is 1. The number of rotatable bonds is 2. The third kappa shape index (κ3) is 3.06. The highest BCUT2D eigenvalue weighted by atomic mass is 15.4. The van der Waals surface area contributed by atoms with Gasteiger partial charge in [-0.05, 0) is 14.1 Å². The summed E-state index contributed by atoms with van der Waals surface area (Å²) in [5, 5.41) is 0. The standard InChI is InChI=1S/C8H20N4/c1-10-5-6-12(4-3-9)8-11(2)7-10/h3-9H2,1-2H3. The smallest absolute Gasteiger partial charge is 0.0516 e. The van der Waals surface area contributed by atoms with Crippen molar-refractivity contribution in [1.29, 1.82) is 0 Å². The summed E-state index contributed by atoms with van der Waals surface area (Å²) in [5.41, 5.74) is 5.52. The zero-order valence-electron chi connectivity index (χ0n) is 8.16. The molecule has 4 heteroatoms. The van der Waals surface area contributed by atoms with Crippen molar-refractivity contribution in [2.75, 3.05) is 53.6 Å². The van der Waals surface area contributed by atoms with E-state index in [1.54, 1.807) is 0 Å².